The molecule has 3 unspecified atom stereocenters. The van der Waals surface area contributed by atoms with Crippen LogP contribution < -0.4 is 0 Å². The summed E-state index contributed by atoms with van der Waals surface area (Å²) < 4.78 is 10.5. The van der Waals surface area contributed by atoms with Gasteiger partial charge in [-0.2, -0.15) is 0 Å². The van der Waals surface area contributed by atoms with Crippen LogP contribution in [0, 0.1) is 11.8 Å². The Morgan fingerprint density at radius 3 is 2.71 bits per heavy atom. The fraction of sp³-hybridized carbons (Fsp3) is 0.941. The van der Waals surface area contributed by atoms with Crippen LogP contribution in [0.2, 0.25) is 0 Å². The first-order valence-electron chi connectivity index (χ1n) is 8.36. The molecule has 4 heteroatoms. The Balaban J connectivity index is 2.59. The molecule has 1 aliphatic carbocycles. The second-order valence-corrected chi connectivity index (χ2v) is 6.38. The smallest absolute Gasteiger partial charge is 0.137 e. The van der Waals surface area contributed by atoms with Crippen molar-refractivity contribution in [3.05, 3.63) is 0 Å². The maximum Gasteiger partial charge on any atom is 0.137 e. The molecule has 0 spiro atoms. The van der Waals surface area contributed by atoms with E-state index in [0.29, 0.717) is 25.0 Å². The minimum Gasteiger partial charge on any atom is -0.383 e. The molecule has 0 heterocycles. The maximum absolute atomic E-state index is 12.2. The summed E-state index contributed by atoms with van der Waals surface area (Å²) in [5.41, 5.74) is 0. The quantitative estimate of drug-likeness (QED) is 0.622. The van der Waals surface area contributed by atoms with Crippen LogP contribution in [0.5, 0.6) is 0 Å². The minimum absolute atomic E-state index is 0.200. The zero-order valence-electron chi connectivity index (χ0n) is 14.3. The molecule has 0 radical (unpaired) electrons. The fourth-order valence-electron chi connectivity index (χ4n) is 3.38. The molecule has 0 bridgehead atoms. The average molecular weight is 299 g/mol. The molecule has 4 nitrogen and oxygen atoms in total. The van der Waals surface area contributed by atoms with Gasteiger partial charge in [-0.15, -0.1) is 0 Å². The predicted molar refractivity (Wildman–Crippen MR) is 85.5 cm³/mol. The largest absolute Gasteiger partial charge is 0.383 e. The van der Waals surface area contributed by atoms with E-state index in [1.807, 2.05) is 0 Å². The number of carbonyl (C=O) groups excluding carboxylic acids is 1. The molecule has 21 heavy (non-hydrogen) atoms. The number of hydrogen-bond acceptors (Lipinski definition) is 4. The Hall–Kier alpha value is -0.450. The van der Waals surface area contributed by atoms with Crippen LogP contribution in [0.1, 0.15) is 46.0 Å². The summed E-state index contributed by atoms with van der Waals surface area (Å²) in [6.45, 7) is 7.51. The molecular weight excluding hydrogens is 266 g/mol. The van der Waals surface area contributed by atoms with Gasteiger partial charge in [0.25, 0.3) is 0 Å². The molecule has 1 fully saturated rings. The third-order valence-electron chi connectivity index (χ3n) is 4.64. The summed E-state index contributed by atoms with van der Waals surface area (Å²) in [7, 11) is 3.45. The summed E-state index contributed by atoms with van der Waals surface area (Å²) in [6, 6.07) is 0.324. The summed E-state index contributed by atoms with van der Waals surface area (Å²) in [5.74, 6) is 1.39. The van der Waals surface area contributed by atoms with Gasteiger partial charge in [-0.25, -0.2) is 0 Å². The normalized spacial score (nSPS) is 24.5. The summed E-state index contributed by atoms with van der Waals surface area (Å²) >= 11 is 0. The number of ether oxygens (including phenoxy) is 2. The van der Waals surface area contributed by atoms with Gasteiger partial charge in [0.2, 0.25) is 0 Å². The van der Waals surface area contributed by atoms with Crippen molar-refractivity contribution in [1.29, 1.82) is 0 Å². The molecule has 1 aliphatic rings. The lowest BCUT2D eigenvalue weighted by Gasteiger charge is -2.35. The maximum atomic E-state index is 12.2. The molecule has 1 rings (SSSR count). The van der Waals surface area contributed by atoms with Crippen molar-refractivity contribution in [2.45, 2.75) is 52.0 Å². The number of methoxy groups -OCH3 is 2. The second kappa shape index (κ2) is 10.3. The van der Waals surface area contributed by atoms with E-state index in [0.717, 1.165) is 38.3 Å². The number of hydrogen-bond donors (Lipinski definition) is 0. The van der Waals surface area contributed by atoms with Crippen molar-refractivity contribution in [3.8, 4) is 0 Å². The van der Waals surface area contributed by atoms with Crippen molar-refractivity contribution < 1.29 is 14.3 Å². The van der Waals surface area contributed by atoms with E-state index in [9.17, 15) is 4.79 Å². The predicted octanol–water partition coefficient (Wildman–Crippen LogP) is 2.76. The number of nitrogens with zero attached hydrogens (tertiary/aromatic N) is 1. The van der Waals surface area contributed by atoms with Gasteiger partial charge in [0.1, 0.15) is 5.78 Å². The topological polar surface area (TPSA) is 38.8 Å². The fourth-order valence-corrected chi connectivity index (χ4v) is 3.38. The van der Waals surface area contributed by atoms with E-state index in [1.165, 1.54) is 12.8 Å². The van der Waals surface area contributed by atoms with Crippen LogP contribution in [0.25, 0.3) is 0 Å². The first-order valence-corrected chi connectivity index (χ1v) is 8.36. The molecule has 1 saturated carbocycles. The molecule has 0 N–H and O–H groups in total. The first-order chi connectivity index (χ1) is 10.1. The van der Waals surface area contributed by atoms with Crippen LogP contribution in [0.15, 0.2) is 0 Å². The van der Waals surface area contributed by atoms with Gasteiger partial charge in [0.05, 0.1) is 13.2 Å². The Morgan fingerprint density at radius 1 is 1.33 bits per heavy atom. The summed E-state index contributed by atoms with van der Waals surface area (Å²) in [5, 5.41) is 0. The van der Waals surface area contributed by atoms with Gasteiger partial charge in [-0.3, -0.25) is 9.69 Å². The standard InChI is InChI=1S/C17H33NO3/c1-5-6-15-7-8-17(19)16(11-15)12-18(9-10-20-3)14(2)13-21-4/h14-16H,5-13H2,1-4H3. The van der Waals surface area contributed by atoms with Crippen LogP contribution in [-0.4, -0.2) is 57.2 Å². The van der Waals surface area contributed by atoms with E-state index in [1.54, 1.807) is 14.2 Å². The van der Waals surface area contributed by atoms with Gasteiger partial charge in [-0.1, -0.05) is 19.8 Å². The second-order valence-electron chi connectivity index (χ2n) is 6.38. The molecule has 0 aliphatic heterocycles. The summed E-state index contributed by atoms with van der Waals surface area (Å²) in [6.07, 6.45) is 5.41. The zero-order valence-corrected chi connectivity index (χ0v) is 14.3. The molecule has 0 saturated heterocycles. The van der Waals surface area contributed by atoms with Gasteiger partial charge in [-0.05, 0) is 25.7 Å². The highest BCUT2D eigenvalue weighted by Gasteiger charge is 2.30. The van der Waals surface area contributed by atoms with Crippen molar-refractivity contribution in [2.75, 3.05) is 40.5 Å². The van der Waals surface area contributed by atoms with Gasteiger partial charge in [0.15, 0.2) is 0 Å². The monoisotopic (exact) mass is 299 g/mol. The van der Waals surface area contributed by atoms with Crippen molar-refractivity contribution in [1.82, 2.24) is 4.90 Å². The molecule has 124 valence electrons. The van der Waals surface area contributed by atoms with Crippen LogP contribution in [0.3, 0.4) is 0 Å². The molecular formula is C17H33NO3. The van der Waals surface area contributed by atoms with Crippen molar-refractivity contribution in [3.63, 3.8) is 0 Å². The van der Waals surface area contributed by atoms with E-state index >= 15 is 0 Å². The molecule has 0 aromatic heterocycles. The minimum atomic E-state index is 0.200. The third-order valence-corrected chi connectivity index (χ3v) is 4.64. The first kappa shape index (κ1) is 18.6. The van der Waals surface area contributed by atoms with Crippen LogP contribution >= 0.6 is 0 Å². The number of Topliss-reactive ketones (excluding diaryl/α,β-unsaturated/α-hetero) is 1. The highest BCUT2D eigenvalue weighted by Crippen LogP contribution is 2.30. The number of carbonyl (C=O) groups is 1. The third kappa shape index (κ3) is 6.45. The number of rotatable bonds is 10. The van der Waals surface area contributed by atoms with E-state index in [4.69, 9.17) is 9.47 Å². The highest BCUT2D eigenvalue weighted by molar-refractivity contribution is 5.81. The SMILES string of the molecule is CCCC1CCC(=O)C(CN(CCOC)C(C)COC)C1. The van der Waals surface area contributed by atoms with E-state index in [2.05, 4.69) is 18.7 Å². The van der Waals surface area contributed by atoms with Gasteiger partial charge < -0.3 is 9.47 Å². The lowest BCUT2D eigenvalue weighted by Crippen LogP contribution is -2.44. The summed E-state index contributed by atoms with van der Waals surface area (Å²) in [4.78, 5) is 14.6. The Morgan fingerprint density at radius 2 is 2.10 bits per heavy atom. The van der Waals surface area contributed by atoms with Gasteiger partial charge in [0, 0.05) is 45.7 Å². The lowest BCUT2D eigenvalue weighted by molar-refractivity contribution is -0.126. The molecule has 0 aromatic rings. The van der Waals surface area contributed by atoms with Crippen LogP contribution in [0.4, 0.5) is 0 Å². The van der Waals surface area contributed by atoms with Crippen molar-refractivity contribution in [2.24, 2.45) is 11.8 Å². The zero-order chi connectivity index (χ0) is 15.7. The molecule has 0 amide bonds. The Kier molecular flexibility index (Phi) is 9.13. The van der Waals surface area contributed by atoms with Crippen LogP contribution in [-0.2, 0) is 14.3 Å². The average Bonchev–Trinajstić information content (AvgIpc) is 2.47. The molecule has 0 aromatic carbocycles. The van der Waals surface area contributed by atoms with Gasteiger partial charge >= 0.3 is 0 Å². The lowest BCUT2D eigenvalue weighted by atomic mass is 9.78. The molecule has 3 atom stereocenters. The van der Waals surface area contributed by atoms with E-state index < -0.39 is 0 Å². The highest BCUT2D eigenvalue weighted by atomic mass is 16.5. The Labute approximate surface area is 130 Å². The number of ketones is 1. The Bertz CT molecular complexity index is 296. The van der Waals surface area contributed by atoms with Crippen molar-refractivity contribution >= 4 is 5.78 Å². The van der Waals surface area contributed by atoms with E-state index in [-0.39, 0.29) is 5.92 Å².